The fraction of sp³-hybridized carbons (Fsp3) is 0.600. The highest BCUT2D eigenvalue weighted by atomic mass is 35.5. The maximum atomic E-state index is 10.7. The third kappa shape index (κ3) is 5.77. The molecule has 9 heteroatoms. The van der Waals surface area contributed by atoms with Gasteiger partial charge in [-0.3, -0.25) is 10.1 Å². The molecule has 0 radical (unpaired) electrons. The molecular weight excluding hydrogens is 278 g/mol. The van der Waals surface area contributed by atoms with E-state index in [0.29, 0.717) is 19.8 Å². The Balaban J connectivity index is 2.36. The summed E-state index contributed by atoms with van der Waals surface area (Å²) < 4.78 is 15.2. The lowest BCUT2D eigenvalue weighted by Crippen LogP contribution is -2.10. The summed E-state index contributed by atoms with van der Waals surface area (Å²) >= 11 is 5.55. The predicted molar refractivity (Wildman–Crippen MR) is 66.5 cm³/mol. The molecule has 19 heavy (non-hydrogen) atoms. The van der Waals surface area contributed by atoms with E-state index in [0.717, 1.165) is 12.6 Å². The summed E-state index contributed by atoms with van der Waals surface area (Å²) in [5.41, 5.74) is -0.330. The van der Waals surface area contributed by atoms with E-state index in [1.54, 1.807) is 7.11 Å². The van der Waals surface area contributed by atoms with Gasteiger partial charge in [0.1, 0.15) is 12.8 Å². The van der Waals surface area contributed by atoms with Crippen LogP contribution in [0.15, 0.2) is 6.20 Å². The van der Waals surface area contributed by atoms with Crippen LogP contribution in [-0.2, 0) is 9.47 Å². The van der Waals surface area contributed by atoms with Crippen LogP contribution in [0.5, 0.6) is 5.88 Å². The normalized spacial score (nSPS) is 10.4. The molecule has 106 valence electrons. The zero-order chi connectivity index (χ0) is 14.1. The molecule has 1 aromatic heterocycles. The molecule has 0 amide bonds. The second kappa shape index (κ2) is 8.57. The molecule has 0 spiro atoms. The SMILES string of the molecule is COCCCOCCOc1nc(Cl)ncc1[N+](=O)[O-]. The molecule has 0 saturated carbocycles. The first-order valence-corrected chi connectivity index (χ1v) is 5.89. The number of methoxy groups -OCH3 is 1. The molecule has 0 N–H and O–H groups in total. The van der Waals surface area contributed by atoms with Gasteiger partial charge in [0.25, 0.3) is 5.88 Å². The molecule has 0 bridgehead atoms. The monoisotopic (exact) mass is 291 g/mol. The number of hydrogen-bond donors (Lipinski definition) is 0. The molecule has 1 aromatic rings. The lowest BCUT2D eigenvalue weighted by Gasteiger charge is -2.06. The van der Waals surface area contributed by atoms with Gasteiger partial charge in [-0.1, -0.05) is 0 Å². The molecule has 0 aliphatic heterocycles. The summed E-state index contributed by atoms with van der Waals surface area (Å²) in [6, 6.07) is 0. The first kappa shape index (κ1) is 15.5. The quantitative estimate of drug-likeness (QED) is 0.294. The zero-order valence-electron chi connectivity index (χ0n) is 10.4. The minimum atomic E-state index is -0.634. The van der Waals surface area contributed by atoms with E-state index < -0.39 is 4.92 Å². The number of ether oxygens (including phenoxy) is 3. The highest BCUT2D eigenvalue weighted by Gasteiger charge is 2.18. The van der Waals surface area contributed by atoms with Crippen LogP contribution < -0.4 is 4.74 Å². The number of rotatable bonds is 9. The topological polar surface area (TPSA) is 96.6 Å². The predicted octanol–water partition coefficient (Wildman–Crippen LogP) is 1.47. The molecule has 0 aliphatic carbocycles. The van der Waals surface area contributed by atoms with Gasteiger partial charge in [0.05, 0.1) is 11.5 Å². The Bertz CT molecular complexity index is 418. The van der Waals surface area contributed by atoms with E-state index >= 15 is 0 Å². The fourth-order valence-electron chi connectivity index (χ4n) is 1.18. The van der Waals surface area contributed by atoms with E-state index in [9.17, 15) is 10.1 Å². The van der Waals surface area contributed by atoms with Crippen LogP contribution in [0.2, 0.25) is 5.28 Å². The van der Waals surface area contributed by atoms with Crippen molar-refractivity contribution in [1.29, 1.82) is 0 Å². The third-order valence-corrected chi connectivity index (χ3v) is 2.19. The Hall–Kier alpha value is -1.51. The Morgan fingerprint density at radius 2 is 2.16 bits per heavy atom. The lowest BCUT2D eigenvalue weighted by molar-refractivity contribution is -0.386. The van der Waals surface area contributed by atoms with Gasteiger partial charge in [0.2, 0.25) is 5.28 Å². The number of aromatic nitrogens is 2. The molecular formula is C10H14ClN3O5. The number of nitrogens with zero attached hydrogens (tertiary/aromatic N) is 3. The maximum Gasteiger partial charge on any atom is 0.349 e. The van der Waals surface area contributed by atoms with Crippen molar-refractivity contribution in [3.63, 3.8) is 0 Å². The molecule has 0 fully saturated rings. The van der Waals surface area contributed by atoms with Crippen molar-refractivity contribution in [3.05, 3.63) is 21.6 Å². The molecule has 0 saturated heterocycles. The van der Waals surface area contributed by atoms with E-state index in [4.69, 9.17) is 25.8 Å². The van der Waals surface area contributed by atoms with Gasteiger partial charge in [-0.05, 0) is 18.0 Å². The first-order valence-electron chi connectivity index (χ1n) is 5.51. The van der Waals surface area contributed by atoms with Crippen LogP contribution in [-0.4, -0.2) is 48.4 Å². The molecule has 1 heterocycles. The minimum absolute atomic E-state index is 0.110. The summed E-state index contributed by atoms with van der Waals surface area (Å²) in [6.07, 6.45) is 1.78. The van der Waals surface area contributed by atoms with Crippen LogP contribution in [0.1, 0.15) is 6.42 Å². The smallest absolute Gasteiger partial charge is 0.349 e. The molecule has 0 aliphatic rings. The van der Waals surface area contributed by atoms with Crippen LogP contribution in [0.4, 0.5) is 5.69 Å². The van der Waals surface area contributed by atoms with Gasteiger partial charge in [-0.15, -0.1) is 0 Å². The third-order valence-electron chi connectivity index (χ3n) is 2.01. The molecule has 0 aromatic carbocycles. The molecule has 8 nitrogen and oxygen atoms in total. The average Bonchev–Trinajstić information content (AvgIpc) is 2.37. The van der Waals surface area contributed by atoms with Crippen molar-refractivity contribution in [1.82, 2.24) is 9.97 Å². The van der Waals surface area contributed by atoms with Gasteiger partial charge in [-0.25, -0.2) is 4.98 Å². The molecule has 0 atom stereocenters. The summed E-state index contributed by atoms with van der Waals surface area (Å²) in [5, 5.41) is 10.6. The van der Waals surface area contributed by atoms with E-state index in [1.807, 2.05) is 0 Å². The van der Waals surface area contributed by atoms with Crippen LogP contribution in [0.3, 0.4) is 0 Å². The Labute approximate surface area is 114 Å². The Kier molecular flexibility index (Phi) is 7.01. The molecule has 0 unspecified atom stereocenters. The van der Waals surface area contributed by atoms with Gasteiger partial charge >= 0.3 is 5.69 Å². The zero-order valence-corrected chi connectivity index (χ0v) is 11.1. The summed E-state index contributed by atoms with van der Waals surface area (Å²) in [4.78, 5) is 17.2. The summed E-state index contributed by atoms with van der Waals surface area (Å²) in [5.74, 6) is -0.162. The van der Waals surface area contributed by atoms with Crippen LogP contribution >= 0.6 is 11.6 Å². The van der Waals surface area contributed by atoms with Crippen LogP contribution in [0.25, 0.3) is 0 Å². The van der Waals surface area contributed by atoms with Crippen molar-refractivity contribution in [2.45, 2.75) is 6.42 Å². The van der Waals surface area contributed by atoms with E-state index in [2.05, 4.69) is 9.97 Å². The van der Waals surface area contributed by atoms with Crippen molar-refractivity contribution in [2.24, 2.45) is 0 Å². The average molecular weight is 292 g/mol. The second-order valence-corrected chi connectivity index (χ2v) is 3.73. The van der Waals surface area contributed by atoms with Gasteiger partial charge < -0.3 is 14.2 Å². The largest absolute Gasteiger partial charge is 0.470 e. The maximum absolute atomic E-state index is 10.7. The summed E-state index contributed by atoms with van der Waals surface area (Å²) in [6.45, 7) is 1.58. The van der Waals surface area contributed by atoms with Crippen molar-refractivity contribution >= 4 is 17.3 Å². The van der Waals surface area contributed by atoms with Crippen LogP contribution in [0, 0.1) is 10.1 Å². The van der Waals surface area contributed by atoms with Gasteiger partial charge in [-0.2, -0.15) is 4.98 Å². The fourth-order valence-corrected chi connectivity index (χ4v) is 1.30. The van der Waals surface area contributed by atoms with Gasteiger partial charge in [0.15, 0.2) is 0 Å². The summed E-state index contributed by atoms with van der Waals surface area (Å²) in [7, 11) is 1.61. The molecule has 1 rings (SSSR count). The van der Waals surface area contributed by atoms with Gasteiger partial charge in [0, 0.05) is 20.3 Å². The number of hydrogen-bond acceptors (Lipinski definition) is 7. The highest BCUT2D eigenvalue weighted by Crippen LogP contribution is 2.24. The van der Waals surface area contributed by atoms with E-state index in [1.165, 1.54) is 0 Å². The number of nitro groups is 1. The standard InChI is InChI=1S/C10H14ClN3O5/c1-17-3-2-4-18-5-6-19-9-8(14(15)16)7-12-10(11)13-9/h7H,2-6H2,1H3. The van der Waals surface area contributed by atoms with Crippen molar-refractivity contribution in [3.8, 4) is 5.88 Å². The highest BCUT2D eigenvalue weighted by molar-refractivity contribution is 6.28. The number of halogens is 1. The Morgan fingerprint density at radius 1 is 1.37 bits per heavy atom. The first-order chi connectivity index (χ1) is 9.15. The second-order valence-electron chi connectivity index (χ2n) is 3.39. The van der Waals surface area contributed by atoms with Crippen molar-refractivity contribution < 1.29 is 19.1 Å². The van der Waals surface area contributed by atoms with E-state index in [-0.39, 0.29) is 23.5 Å². The van der Waals surface area contributed by atoms with Crippen molar-refractivity contribution in [2.75, 3.05) is 33.5 Å². The lowest BCUT2D eigenvalue weighted by atomic mass is 10.5. The Morgan fingerprint density at radius 3 is 2.84 bits per heavy atom. The minimum Gasteiger partial charge on any atom is -0.470 e.